The van der Waals surface area contributed by atoms with Crippen LogP contribution in [0.4, 0.5) is 5.82 Å². The molecule has 4 aromatic rings. The van der Waals surface area contributed by atoms with E-state index in [2.05, 4.69) is 74.4 Å². The summed E-state index contributed by atoms with van der Waals surface area (Å²) >= 11 is 0. The molecule has 1 saturated heterocycles. The molecular formula is C24H27N5. The van der Waals surface area contributed by atoms with Gasteiger partial charge in [-0.2, -0.15) is 5.10 Å². The highest BCUT2D eigenvalue weighted by Gasteiger charge is 2.12. The number of aromatic nitrogens is 3. The molecule has 29 heavy (non-hydrogen) atoms. The zero-order valence-corrected chi connectivity index (χ0v) is 16.9. The predicted octanol–water partition coefficient (Wildman–Crippen LogP) is 4.57. The number of aromatic amines is 1. The van der Waals surface area contributed by atoms with Crippen molar-refractivity contribution in [2.24, 2.45) is 0 Å². The molecule has 5 rings (SSSR count). The van der Waals surface area contributed by atoms with Crippen LogP contribution in [-0.4, -0.2) is 32.8 Å². The van der Waals surface area contributed by atoms with E-state index in [-0.39, 0.29) is 0 Å². The molecule has 1 aliphatic rings. The molecular weight excluding hydrogens is 358 g/mol. The zero-order chi connectivity index (χ0) is 19.8. The maximum atomic E-state index is 5.92. The number of benzene rings is 2. The van der Waals surface area contributed by atoms with E-state index >= 15 is 0 Å². The number of nitrogens with zero attached hydrogens (tertiary/aromatic N) is 3. The normalized spacial score (nSPS) is 14.8. The summed E-state index contributed by atoms with van der Waals surface area (Å²) in [5.41, 5.74) is 13.0. The Balaban J connectivity index is 1.38. The van der Waals surface area contributed by atoms with Crippen LogP contribution in [0.2, 0.25) is 0 Å². The maximum absolute atomic E-state index is 5.92. The van der Waals surface area contributed by atoms with Gasteiger partial charge in [0.15, 0.2) is 0 Å². The fraction of sp³-hybridized carbons (Fsp3) is 0.292. The highest BCUT2D eigenvalue weighted by molar-refractivity contribution is 5.86. The molecule has 3 heterocycles. The molecule has 0 saturated carbocycles. The van der Waals surface area contributed by atoms with Gasteiger partial charge < -0.3 is 10.3 Å². The highest BCUT2D eigenvalue weighted by atomic mass is 15.2. The Kier molecular flexibility index (Phi) is 4.60. The van der Waals surface area contributed by atoms with Crippen LogP contribution in [0.1, 0.15) is 29.5 Å². The van der Waals surface area contributed by atoms with Gasteiger partial charge in [0.05, 0.1) is 5.69 Å². The van der Waals surface area contributed by atoms with E-state index in [1.54, 1.807) is 0 Å². The predicted molar refractivity (Wildman–Crippen MR) is 119 cm³/mol. The lowest BCUT2D eigenvalue weighted by atomic mass is 10.1. The second-order valence-corrected chi connectivity index (χ2v) is 8.13. The van der Waals surface area contributed by atoms with Crippen molar-refractivity contribution in [1.29, 1.82) is 0 Å². The summed E-state index contributed by atoms with van der Waals surface area (Å²) in [5.74, 6) is 0.560. The van der Waals surface area contributed by atoms with Crippen LogP contribution in [-0.2, 0) is 13.1 Å². The van der Waals surface area contributed by atoms with Crippen molar-refractivity contribution in [3.63, 3.8) is 0 Å². The summed E-state index contributed by atoms with van der Waals surface area (Å²) in [4.78, 5) is 2.54. The molecule has 0 spiro atoms. The molecule has 5 heteroatoms. The first-order valence-corrected chi connectivity index (χ1v) is 10.4. The van der Waals surface area contributed by atoms with Crippen molar-refractivity contribution in [3.05, 3.63) is 71.4 Å². The van der Waals surface area contributed by atoms with Crippen molar-refractivity contribution in [1.82, 2.24) is 19.7 Å². The van der Waals surface area contributed by atoms with Gasteiger partial charge in [0.2, 0.25) is 0 Å². The number of nitrogens with two attached hydrogens (primary N) is 1. The lowest BCUT2D eigenvalue weighted by Gasteiger charge is -2.15. The summed E-state index contributed by atoms with van der Waals surface area (Å²) in [6.45, 7) is 6.41. The fourth-order valence-corrected chi connectivity index (χ4v) is 4.32. The van der Waals surface area contributed by atoms with Crippen molar-refractivity contribution >= 4 is 16.7 Å². The van der Waals surface area contributed by atoms with Crippen molar-refractivity contribution < 1.29 is 0 Å². The number of nitrogen functional groups attached to an aromatic ring is 1. The molecule has 5 nitrogen and oxygen atoms in total. The second-order valence-electron chi connectivity index (χ2n) is 8.13. The van der Waals surface area contributed by atoms with Crippen LogP contribution in [0.15, 0.2) is 54.7 Å². The average Bonchev–Trinajstić information content (AvgIpc) is 3.46. The van der Waals surface area contributed by atoms with Gasteiger partial charge in [-0.25, -0.2) is 0 Å². The Bertz CT molecular complexity index is 1130. The number of hydrogen-bond acceptors (Lipinski definition) is 3. The van der Waals surface area contributed by atoms with Crippen LogP contribution in [0.3, 0.4) is 0 Å². The number of nitrogens with one attached hydrogen (secondary N) is 1. The number of hydrogen-bond donors (Lipinski definition) is 2. The number of rotatable bonds is 5. The largest absolute Gasteiger partial charge is 0.382 e. The third kappa shape index (κ3) is 3.54. The Hall–Kier alpha value is -3.05. The van der Waals surface area contributed by atoms with Gasteiger partial charge in [0, 0.05) is 35.9 Å². The zero-order valence-electron chi connectivity index (χ0n) is 16.9. The second kappa shape index (κ2) is 7.41. The van der Waals surface area contributed by atoms with Crippen molar-refractivity contribution in [3.8, 4) is 11.3 Å². The molecule has 0 aliphatic carbocycles. The van der Waals surface area contributed by atoms with E-state index in [1.807, 2.05) is 6.92 Å². The molecule has 0 unspecified atom stereocenters. The van der Waals surface area contributed by atoms with E-state index in [9.17, 15) is 0 Å². The molecule has 0 radical (unpaired) electrons. The van der Waals surface area contributed by atoms with Gasteiger partial charge >= 0.3 is 0 Å². The van der Waals surface area contributed by atoms with Gasteiger partial charge in [-0.05, 0) is 61.5 Å². The Morgan fingerprint density at radius 2 is 1.69 bits per heavy atom. The van der Waals surface area contributed by atoms with Gasteiger partial charge in [-0.15, -0.1) is 0 Å². The summed E-state index contributed by atoms with van der Waals surface area (Å²) in [5, 5.41) is 8.44. The maximum Gasteiger partial charge on any atom is 0.148 e. The molecule has 3 N–H and O–H groups in total. The third-order valence-corrected chi connectivity index (χ3v) is 6.09. The Morgan fingerprint density at radius 3 is 2.38 bits per heavy atom. The topological polar surface area (TPSA) is 62.9 Å². The monoisotopic (exact) mass is 385 g/mol. The van der Waals surface area contributed by atoms with E-state index in [4.69, 9.17) is 5.73 Å². The summed E-state index contributed by atoms with van der Waals surface area (Å²) in [6.07, 6.45) is 4.84. The molecule has 1 fully saturated rings. The first-order chi connectivity index (χ1) is 14.2. The fourth-order valence-electron chi connectivity index (χ4n) is 4.32. The average molecular weight is 386 g/mol. The molecule has 0 bridgehead atoms. The van der Waals surface area contributed by atoms with E-state index in [0.717, 1.165) is 29.9 Å². The highest BCUT2D eigenvalue weighted by Crippen LogP contribution is 2.28. The molecule has 148 valence electrons. The Morgan fingerprint density at radius 1 is 0.966 bits per heavy atom. The quantitative estimate of drug-likeness (QED) is 0.529. The van der Waals surface area contributed by atoms with Crippen LogP contribution < -0.4 is 5.73 Å². The first-order valence-electron chi connectivity index (χ1n) is 10.4. The molecule has 1 aliphatic heterocycles. The third-order valence-electron chi connectivity index (χ3n) is 6.09. The van der Waals surface area contributed by atoms with Gasteiger partial charge in [0.1, 0.15) is 5.82 Å². The van der Waals surface area contributed by atoms with Gasteiger partial charge in [0.25, 0.3) is 0 Å². The van der Waals surface area contributed by atoms with Crippen LogP contribution >= 0.6 is 0 Å². The standard InChI is InChI=1S/C24H27N5/c1-17-23(26-27-24(17)25)21-9-8-20-10-13-29(22(20)14-21)16-19-6-4-18(5-7-19)15-28-11-2-3-12-28/h4-10,13-14H,2-3,11-12,15-16H2,1H3,(H3,25,26,27). The van der Waals surface area contributed by atoms with Gasteiger partial charge in [-0.3, -0.25) is 10.00 Å². The van der Waals surface area contributed by atoms with Crippen molar-refractivity contribution in [2.45, 2.75) is 32.9 Å². The molecule has 0 amide bonds. The number of H-pyrrole nitrogens is 1. The lowest BCUT2D eigenvalue weighted by Crippen LogP contribution is -2.18. The van der Waals surface area contributed by atoms with Crippen LogP contribution in [0.5, 0.6) is 0 Å². The van der Waals surface area contributed by atoms with Crippen LogP contribution in [0, 0.1) is 6.92 Å². The van der Waals surface area contributed by atoms with Crippen LogP contribution in [0.25, 0.3) is 22.2 Å². The van der Waals surface area contributed by atoms with Crippen molar-refractivity contribution in [2.75, 3.05) is 18.8 Å². The molecule has 2 aromatic carbocycles. The Labute approximate surface area is 171 Å². The number of likely N-dealkylation sites (tertiary alicyclic amines) is 1. The van der Waals surface area contributed by atoms with E-state index in [1.165, 1.54) is 48.0 Å². The summed E-state index contributed by atoms with van der Waals surface area (Å²) in [7, 11) is 0. The smallest absolute Gasteiger partial charge is 0.148 e. The van der Waals surface area contributed by atoms with E-state index in [0.29, 0.717) is 5.82 Å². The SMILES string of the molecule is Cc1c(N)n[nH]c1-c1ccc2ccn(Cc3ccc(CN4CCCC4)cc3)c2c1. The summed E-state index contributed by atoms with van der Waals surface area (Å²) in [6, 6.07) is 17.8. The number of anilines is 1. The number of fused-ring (bicyclic) bond motifs is 1. The molecule has 0 atom stereocenters. The lowest BCUT2D eigenvalue weighted by molar-refractivity contribution is 0.331. The minimum atomic E-state index is 0.560. The summed E-state index contributed by atoms with van der Waals surface area (Å²) < 4.78 is 2.31. The molecule has 2 aromatic heterocycles. The minimum Gasteiger partial charge on any atom is -0.382 e. The van der Waals surface area contributed by atoms with Gasteiger partial charge in [-0.1, -0.05) is 36.4 Å². The first kappa shape index (κ1) is 18.0. The van der Waals surface area contributed by atoms with E-state index < -0.39 is 0 Å². The minimum absolute atomic E-state index is 0.560.